The second-order valence-corrected chi connectivity index (χ2v) is 6.29. The molecule has 0 aromatic carbocycles. The summed E-state index contributed by atoms with van der Waals surface area (Å²) in [6.07, 6.45) is 3.06. The molecule has 18 heavy (non-hydrogen) atoms. The van der Waals surface area contributed by atoms with Crippen LogP contribution >= 0.6 is 11.8 Å². The molecule has 2 atom stereocenters. The molecule has 98 valence electrons. The van der Waals surface area contributed by atoms with Crippen LogP contribution in [0.4, 0.5) is 5.82 Å². The van der Waals surface area contributed by atoms with Crippen molar-refractivity contribution in [1.82, 2.24) is 9.97 Å². The van der Waals surface area contributed by atoms with Gasteiger partial charge in [-0.1, -0.05) is 19.0 Å². The third-order valence-corrected chi connectivity index (χ3v) is 4.02. The summed E-state index contributed by atoms with van der Waals surface area (Å²) in [7, 11) is 0. The van der Waals surface area contributed by atoms with Crippen LogP contribution in [-0.4, -0.2) is 44.6 Å². The van der Waals surface area contributed by atoms with E-state index in [2.05, 4.69) is 33.9 Å². The predicted octanol–water partition coefficient (Wildman–Crippen LogP) is 0.901. The number of anilines is 1. The Morgan fingerprint density at radius 3 is 2.78 bits per heavy atom. The second kappa shape index (κ2) is 5.43. The maximum Gasteiger partial charge on any atom is 0.175 e. The van der Waals surface area contributed by atoms with Gasteiger partial charge in [-0.05, 0) is 0 Å². The first-order valence-corrected chi connectivity index (χ1v) is 6.74. The Morgan fingerprint density at radius 1 is 1.50 bits per heavy atom. The van der Waals surface area contributed by atoms with Gasteiger partial charge in [0.2, 0.25) is 0 Å². The number of aromatic nitrogens is 2. The van der Waals surface area contributed by atoms with Gasteiger partial charge in [-0.2, -0.15) is 11.8 Å². The third-order valence-electron chi connectivity index (χ3n) is 2.79. The molecule has 0 spiro atoms. The highest BCUT2D eigenvalue weighted by Crippen LogP contribution is 2.28. The van der Waals surface area contributed by atoms with E-state index in [1.165, 1.54) is 6.33 Å². The molecule has 0 aliphatic carbocycles. The number of nitrogens with two attached hydrogens (primary N) is 1. The average molecular weight is 267 g/mol. The topological polar surface area (TPSA) is 87.6 Å². The first-order valence-electron chi connectivity index (χ1n) is 5.80. The molecule has 0 radical (unpaired) electrons. The van der Waals surface area contributed by atoms with Crippen LogP contribution in [0.5, 0.6) is 0 Å². The molecule has 2 rings (SSSR count). The summed E-state index contributed by atoms with van der Waals surface area (Å²) in [6.45, 7) is 6.19. The number of hydrogen-bond acceptors (Lipinski definition) is 6. The molecule has 0 saturated carbocycles. The summed E-state index contributed by atoms with van der Waals surface area (Å²) >= 11 is 1.96. The van der Waals surface area contributed by atoms with Gasteiger partial charge in [0, 0.05) is 29.8 Å². The fourth-order valence-corrected chi connectivity index (χ4v) is 3.49. The zero-order valence-electron chi connectivity index (χ0n) is 10.4. The van der Waals surface area contributed by atoms with Gasteiger partial charge in [0.15, 0.2) is 5.84 Å². The van der Waals surface area contributed by atoms with Crippen molar-refractivity contribution in [1.29, 1.82) is 0 Å². The SMILES string of the molecule is CC1CN(c2ncncc2C(N)=NO)CC(C)S1. The van der Waals surface area contributed by atoms with E-state index < -0.39 is 0 Å². The monoisotopic (exact) mass is 267 g/mol. The zero-order chi connectivity index (χ0) is 13.1. The lowest BCUT2D eigenvalue weighted by molar-refractivity contribution is 0.318. The molecule has 1 fully saturated rings. The minimum Gasteiger partial charge on any atom is -0.409 e. The second-order valence-electron chi connectivity index (χ2n) is 4.41. The highest BCUT2D eigenvalue weighted by atomic mass is 32.2. The summed E-state index contributed by atoms with van der Waals surface area (Å²) in [6, 6.07) is 0. The van der Waals surface area contributed by atoms with Gasteiger partial charge in [-0.3, -0.25) is 0 Å². The Bertz CT molecular complexity index is 443. The number of nitrogens with zero attached hydrogens (tertiary/aromatic N) is 4. The number of oxime groups is 1. The van der Waals surface area contributed by atoms with Crippen molar-refractivity contribution in [2.75, 3.05) is 18.0 Å². The van der Waals surface area contributed by atoms with Crippen LogP contribution in [-0.2, 0) is 0 Å². The van der Waals surface area contributed by atoms with Crippen LogP contribution in [0.1, 0.15) is 19.4 Å². The fourth-order valence-electron chi connectivity index (χ4n) is 2.16. The van der Waals surface area contributed by atoms with Crippen LogP contribution < -0.4 is 10.6 Å². The Kier molecular flexibility index (Phi) is 3.90. The quantitative estimate of drug-likeness (QED) is 0.358. The smallest absolute Gasteiger partial charge is 0.175 e. The molecule has 1 aliphatic rings. The molecule has 3 N–H and O–H groups in total. The zero-order valence-corrected chi connectivity index (χ0v) is 11.3. The van der Waals surface area contributed by atoms with Crippen molar-refractivity contribution in [3.63, 3.8) is 0 Å². The molecular weight excluding hydrogens is 250 g/mol. The highest BCUT2D eigenvalue weighted by molar-refractivity contribution is 8.00. The van der Waals surface area contributed by atoms with E-state index in [-0.39, 0.29) is 5.84 Å². The Morgan fingerprint density at radius 2 is 2.17 bits per heavy atom. The van der Waals surface area contributed by atoms with Gasteiger partial charge < -0.3 is 15.8 Å². The van der Waals surface area contributed by atoms with E-state index >= 15 is 0 Å². The van der Waals surface area contributed by atoms with E-state index in [9.17, 15) is 0 Å². The van der Waals surface area contributed by atoms with E-state index in [0.717, 1.165) is 18.9 Å². The van der Waals surface area contributed by atoms with Gasteiger partial charge in [0.25, 0.3) is 0 Å². The van der Waals surface area contributed by atoms with Crippen molar-refractivity contribution in [3.05, 3.63) is 18.1 Å². The highest BCUT2D eigenvalue weighted by Gasteiger charge is 2.25. The van der Waals surface area contributed by atoms with Gasteiger partial charge in [-0.25, -0.2) is 9.97 Å². The summed E-state index contributed by atoms with van der Waals surface area (Å²) < 4.78 is 0. The summed E-state index contributed by atoms with van der Waals surface area (Å²) in [5, 5.41) is 12.9. The van der Waals surface area contributed by atoms with E-state index in [1.807, 2.05) is 11.8 Å². The molecule has 6 nitrogen and oxygen atoms in total. The molecule has 7 heteroatoms. The summed E-state index contributed by atoms with van der Waals surface area (Å²) in [5.41, 5.74) is 6.23. The third kappa shape index (κ3) is 2.66. The van der Waals surface area contributed by atoms with Crippen LogP contribution in [0.15, 0.2) is 17.7 Å². The number of hydrogen-bond donors (Lipinski definition) is 2. The predicted molar refractivity (Wildman–Crippen MR) is 73.3 cm³/mol. The molecule has 2 heterocycles. The Labute approximate surface area is 110 Å². The normalized spacial score (nSPS) is 25.2. The summed E-state index contributed by atoms with van der Waals surface area (Å²) in [4.78, 5) is 10.4. The maximum atomic E-state index is 8.80. The standard InChI is InChI=1S/C11H17N5OS/c1-7-4-16(5-8(2)18-7)11-9(10(12)15-17)3-13-6-14-11/h3,6-8,17H,4-5H2,1-2H3,(H2,12,15). The lowest BCUT2D eigenvalue weighted by atomic mass is 10.2. The largest absolute Gasteiger partial charge is 0.409 e. The van der Waals surface area contributed by atoms with Crippen molar-refractivity contribution >= 4 is 23.4 Å². The van der Waals surface area contributed by atoms with E-state index in [1.54, 1.807) is 6.20 Å². The fraction of sp³-hybridized carbons (Fsp3) is 0.545. The van der Waals surface area contributed by atoms with Gasteiger partial charge in [-0.15, -0.1) is 0 Å². The van der Waals surface area contributed by atoms with Crippen molar-refractivity contribution < 1.29 is 5.21 Å². The molecule has 2 unspecified atom stereocenters. The van der Waals surface area contributed by atoms with Gasteiger partial charge in [0.05, 0.1) is 5.56 Å². The van der Waals surface area contributed by atoms with Crippen LogP contribution in [0.3, 0.4) is 0 Å². The molecular formula is C11H17N5OS. The molecule has 1 aromatic heterocycles. The van der Waals surface area contributed by atoms with E-state index in [0.29, 0.717) is 16.1 Å². The van der Waals surface area contributed by atoms with Crippen molar-refractivity contribution in [2.24, 2.45) is 10.9 Å². The Balaban J connectivity index is 2.32. The number of thioether (sulfide) groups is 1. The lowest BCUT2D eigenvalue weighted by Gasteiger charge is -2.36. The molecule has 1 aromatic rings. The number of amidine groups is 1. The lowest BCUT2D eigenvalue weighted by Crippen LogP contribution is -2.42. The van der Waals surface area contributed by atoms with E-state index in [4.69, 9.17) is 10.9 Å². The number of rotatable bonds is 2. The van der Waals surface area contributed by atoms with Crippen LogP contribution in [0, 0.1) is 0 Å². The Hall–Kier alpha value is -1.50. The van der Waals surface area contributed by atoms with Crippen molar-refractivity contribution in [3.8, 4) is 0 Å². The maximum absolute atomic E-state index is 8.80. The summed E-state index contributed by atoms with van der Waals surface area (Å²) in [5.74, 6) is 0.781. The first kappa shape index (κ1) is 12.9. The molecule has 1 aliphatic heterocycles. The average Bonchev–Trinajstić information content (AvgIpc) is 2.36. The van der Waals surface area contributed by atoms with Crippen LogP contribution in [0.2, 0.25) is 0 Å². The van der Waals surface area contributed by atoms with Crippen LogP contribution in [0.25, 0.3) is 0 Å². The van der Waals surface area contributed by atoms with Gasteiger partial charge >= 0.3 is 0 Å². The molecule has 0 amide bonds. The van der Waals surface area contributed by atoms with Gasteiger partial charge in [0.1, 0.15) is 12.1 Å². The first-order chi connectivity index (χ1) is 8.61. The molecule has 0 bridgehead atoms. The minimum atomic E-state index is 0.0455. The van der Waals surface area contributed by atoms with Crippen molar-refractivity contribution in [2.45, 2.75) is 24.3 Å². The molecule has 1 saturated heterocycles. The minimum absolute atomic E-state index is 0.0455.